The van der Waals surface area contributed by atoms with Gasteiger partial charge in [-0.25, -0.2) is 14.5 Å². The zero-order chi connectivity index (χ0) is 17.8. The summed E-state index contributed by atoms with van der Waals surface area (Å²) in [6, 6.07) is 15.5. The lowest BCUT2D eigenvalue weighted by Crippen LogP contribution is -2.34. The first-order valence-electron chi connectivity index (χ1n) is 8.31. The number of carbonyl (C=O) groups is 1. The summed E-state index contributed by atoms with van der Waals surface area (Å²) in [5, 5.41) is 10.9. The van der Waals surface area contributed by atoms with Crippen LogP contribution in [-0.4, -0.2) is 25.8 Å². The van der Waals surface area contributed by atoms with E-state index in [0.29, 0.717) is 13.1 Å². The van der Waals surface area contributed by atoms with Crippen LogP contribution in [0.1, 0.15) is 11.3 Å². The third-order valence-corrected chi connectivity index (χ3v) is 4.03. The second-order valence-electron chi connectivity index (χ2n) is 5.89. The lowest BCUT2D eigenvalue weighted by Gasteiger charge is -2.07. The van der Waals surface area contributed by atoms with E-state index in [-0.39, 0.29) is 6.03 Å². The molecular formula is C19H18N6O. The highest BCUT2D eigenvalue weighted by Gasteiger charge is 2.04. The Bertz CT molecular complexity index is 971. The van der Waals surface area contributed by atoms with Crippen LogP contribution in [0.5, 0.6) is 0 Å². The van der Waals surface area contributed by atoms with Crippen molar-refractivity contribution in [2.24, 2.45) is 0 Å². The summed E-state index contributed by atoms with van der Waals surface area (Å²) in [6.45, 7) is 0.849. The zero-order valence-corrected chi connectivity index (χ0v) is 14.0. The van der Waals surface area contributed by atoms with Crippen molar-refractivity contribution < 1.29 is 4.79 Å². The van der Waals surface area contributed by atoms with Crippen molar-refractivity contribution in [3.05, 3.63) is 78.4 Å². The standard InChI is InChI=1S/C19H18N6O/c26-19(22-13-16-10-15-4-1-2-5-17(15)24-16)21-12-14-6-7-18(20-11-14)25-9-3-8-23-25/h1-11,24H,12-13H2,(H2,21,22,26). The van der Waals surface area contributed by atoms with E-state index in [1.54, 1.807) is 17.1 Å². The number of hydrogen-bond donors (Lipinski definition) is 3. The maximum atomic E-state index is 12.0. The minimum Gasteiger partial charge on any atom is -0.357 e. The Morgan fingerprint density at radius 2 is 1.96 bits per heavy atom. The Labute approximate surface area is 150 Å². The predicted molar refractivity (Wildman–Crippen MR) is 98.7 cm³/mol. The topological polar surface area (TPSA) is 87.6 Å². The average Bonchev–Trinajstić information content (AvgIpc) is 3.34. The largest absolute Gasteiger partial charge is 0.357 e. The van der Waals surface area contributed by atoms with Crippen LogP contribution in [0.2, 0.25) is 0 Å². The molecule has 26 heavy (non-hydrogen) atoms. The maximum Gasteiger partial charge on any atom is 0.315 e. The molecule has 1 aromatic carbocycles. The number of amides is 2. The SMILES string of the molecule is O=C(NCc1ccc(-n2cccn2)nc1)NCc1cc2ccccc2[nH]1. The molecule has 0 aliphatic heterocycles. The van der Waals surface area contributed by atoms with Gasteiger partial charge in [-0.15, -0.1) is 0 Å². The number of rotatable bonds is 5. The maximum absolute atomic E-state index is 12.0. The van der Waals surface area contributed by atoms with Gasteiger partial charge in [0.1, 0.15) is 0 Å². The number of fused-ring (bicyclic) bond motifs is 1. The first-order valence-corrected chi connectivity index (χ1v) is 8.31. The van der Waals surface area contributed by atoms with Gasteiger partial charge >= 0.3 is 6.03 Å². The van der Waals surface area contributed by atoms with Gasteiger partial charge in [0, 0.05) is 36.3 Å². The van der Waals surface area contributed by atoms with Crippen molar-refractivity contribution in [3.63, 3.8) is 0 Å². The number of aromatic nitrogens is 4. The average molecular weight is 346 g/mol. The summed E-state index contributed by atoms with van der Waals surface area (Å²) < 4.78 is 1.68. The van der Waals surface area contributed by atoms with Gasteiger partial charge < -0.3 is 15.6 Å². The highest BCUT2D eigenvalue weighted by atomic mass is 16.2. The van der Waals surface area contributed by atoms with Crippen LogP contribution in [0.15, 0.2) is 67.1 Å². The van der Waals surface area contributed by atoms with E-state index in [1.807, 2.05) is 54.7 Å². The molecule has 3 heterocycles. The fourth-order valence-electron chi connectivity index (χ4n) is 2.71. The predicted octanol–water partition coefficient (Wildman–Crippen LogP) is 2.75. The molecule has 7 heteroatoms. The highest BCUT2D eigenvalue weighted by molar-refractivity contribution is 5.80. The third-order valence-electron chi connectivity index (χ3n) is 4.03. The highest BCUT2D eigenvalue weighted by Crippen LogP contribution is 2.14. The van der Waals surface area contributed by atoms with Crippen LogP contribution in [-0.2, 0) is 13.1 Å². The fraction of sp³-hybridized carbons (Fsp3) is 0.105. The number of carbonyl (C=O) groups excluding carboxylic acids is 1. The first-order chi connectivity index (χ1) is 12.8. The van der Waals surface area contributed by atoms with Crippen LogP contribution < -0.4 is 10.6 Å². The number of nitrogens with zero attached hydrogens (tertiary/aromatic N) is 3. The van der Waals surface area contributed by atoms with E-state index < -0.39 is 0 Å². The molecule has 4 rings (SSSR count). The lowest BCUT2D eigenvalue weighted by molar-refractivity contribution is 0.240. The van der Waals surface area contributed by atoms with Crippen molar-refractivity contribution in [1.82, 2.24) is 30.4 Å². The Morgan fingerprint density at radius 1 is 1.08 bits per heavy atom. The molecule has 0 radical (unpaired) electrons. The molecule has 0 unspecified atom stereocenters. The van der Waals surface area contributed by atoms with Crippen LogP contribution in [0.3, 0.4) is 0 Å². The lowest BCUT2D eigenvalue weighted by atomic mass is 10.2. The Balaban J connectivity index is 1.28. The zero-order valence-electron chi connectivity index (χ0n) is 14.0. The number of pyridine rings is 1. The van der Waals surface area contributed by atoms with Crippen LogP contribution in [0.25, 0.3) is 16.7 Å². The van der Waals surface area contributed by atoms with Crippen molar-refractivity contribution in [3.8, 4) is 5.82 Å². The Morgan fingerprint density at radius 3 is 2.73 bits per heavy atom. The number of H-pyrrole nitrogens is 1. The summed E-state index contributed by atoms with van der Waals surface area (Å²) >= 11 is 0. The van der Waals surface area contributed by atoms with Crippen molar-refractivity contribution in [1.29, 1.82) is 0 Å². The van der Waals surface area contributed by atoms with Crippen LogP contribution >= 0.6 is 0 Å². The summed E-state index contributed by atoms with van der Waals surface area (Å²) in [4.78, 5) is 19.6. The second-order valence-corrected chi connectivity index (χ2v) is 5.89. The molecule has 2 amide bonds. The van der Waals surface area contributed by atoms with Gasteiger partial charge in [0.2, 0.25) is 0 Å². The fourth-order valence-corrected chi connectivity index (χ4v) is 2.71. The van der Waals surface area contributed by atoms with Crippen LogP contribution in [0.4, 0.5) is 4.79 Å². The van der Waals surface area contributed by atoms with E-state index >= 15 is 0 Å². The molecule has 3 aromatic heterocycles. The number of urea groups is 1. The van der Waals surface area contributed by atoms with Gasteiger partial charge in [-0.05, 0) is 35.2 Å². The molecule has 0 spiro atoms. The summed E-state index contributed by atoms with van der Waals surface area (Å²) in [6.07, 6.45) is 5.27. The molecule has 0 fully saturated rings. The van der Waals surface area contributed by atoms with Gasteiger partial charge in [-0.3, -0.25) is 0 Å². The van der Waals surface area contributed by atoms with E-state index in [1.165, 1.54) is 0 Å². The number of nitrogens with one attached hydrogen (secondary N) is 3. The molecule has 0 saturated heterocycles. The molecule has 4 aromatic rings. The second kappa shape index (κ2) is 7.10. The van der Waals surface area contributed by atoms with Gasteiger partial charge in [0.15, 0.2) is 5.82 Å². The summed E-state index contributed by atoms with van der Waals surface area (Å²) in [7, 11) is 0. The summed E-state index contributed by atoms with van der Waals surface area (Å²) in [5.41, 5.74) is 2.95. The molecular weight excluding hydrogens is 328 g/mol. The smallest absolute Gasteiger partial charge is 0.315 e. The van der Waals surface area contributed by atoms with Crippen molar-refractivity contribution >= 4 is 16.9 Å². The van der Waals surface area contributed by atoms with E-state index in [2.05, 4.69) is 25.7 Å². The molecule has 7 nitrogen and oxygen atoms in total. The molecule has 0 aliphatic rings. The van der Waals surface area contributed by atoms with Gasteiger partial charge in [-0.2, -0.15) is 5.10 Å². The van der Waals surface area contributed by atoms with Crippen molar-refractivity contribution in [2.75, 3.05) is 0 Å². The first kappa shape index (κ1) is 15.9. The van der Waals surface area contributed by atoms with Gasteiger partial charge in [0.05, 0.1) is 6.54 Å². The van der Waals surface area contributed by atoms with Gasteiger partial charge in [0.25, 0.3) is 0 Å². The summed E-state index contributed by atoms with van der Waals surface area (Å²) in [5.74, 6) is 0.738. The Kier molecular flexibility index (Phi) is 4.34. The van der Waals surface area contributed by atoms with E-state index in [4.69, 9.17) is 0 Å². The van der Waals surface area contributed by atoms with Crippen LogP contribution in [0, 0.1) is 0 Å². The minimum atomic E-state index is -0.222. The monoisotopic (exact) mass is 346 g/mol. The number of benzene rings is 1. The van der Waals surface area contributed by atoms with Gasteiger partial charge in [-0.1, -0.05) is 24.3 Å². The van der Waals surface area contributed by atoms with E-state index in [0.717, 1.165) is 28.0 Å². The number of aromatic amines is 1. The number of para-hydroxylation sites is 1. The molecule has 0 aliphatic carbocycles. The molecule has 3 N–H and O–H groups in total. The minimum absolute atomic E-state index is 0.222. The van der Waals surface area contributed by atoms with Crippen molar-refractivity contribution in [2.45, 2.75) is 13.1 Å². The normalized spacial score (nSPS) is 10.8. The molecule has 0 saturated carbocycles. The number of hydrogen-bond acceptors (Lipinski definition) is 3. The Hall–Kier alpha value is -3.61. The molecule has 130 valence electrons. The third kappa shape index (κ3) is 3.56. The van der Waals surface area contributed by atoms with E-state index in [9.17, 15) is 4.79 Å². The molecule has 0 bridgehead atoms. The molecule has 0 atom stereocenters. The quantitative estimate of drug-likeness (QED) is 0.519.